The lowest BCUT2D eigenvalue weighted by molar-refractivity contribution is -0.144. The summed E-state index contributed by atoms with van der Waals surface area (Å²) in [5, 5.41) is 2.91. The van der Waals surface area contributed by atoms with E-state index < -0.39 is 0 Å². The molecule has 33 heavy (non-hydrogen) atoms. The number of nitrogens with zero attached hydrogens (tertiary/aromatic N) is 2. The zero-order valence-corrected chi connectivity index (χ0v) is 20.2. The molecular weight excluding hydrogens is 430 g/mol. The van der Waals surface area contributed by atoms with Crippen LogP contribution < -0.4 is 19.7 Å². The molecule has 1 N–H and O–H groups in total. The van der Waals surface area contributed by atoms with E-state index >= 15 is 0 Å². The third-order valence-electron chi connectivity index (χ3n) is 4.92. The highest BCUT2D eigenvalue weighted by Gasteiger charge is 2.21. The number of hydrogen-bond acceptors (Lipinski definition) is 9. The molecule has 0 aromatic heterocycles. The zero-order chi connectivity index (χ0) is 24.1. The van der Waals surface area contributed by atoms with Gasteiger partial charge in [0, 0.05) is 38.9 Å². The van der Waals surface area contributed by atoms with Crippen molar-refractivity contribution in [2.24, 2.45) is 0 Å². The van der Waals surface area contributed by atoms with Crippen molar-refractivity contribution in [3.05, 3.63) is 12.1 Å². The average molecular weight is 468 g/mol. The van der Waals surface area contributed by atoms with E-state index in [0.29, 0.717) is 56.8 Å². The van der Waals surface area contributed by atoms with Gasteiger partial charge in [-0.3, -0.25) is 14.5 Å². The molecule has 0 atom stereocenters. The van der Waals surface area contributed by atoms with Crippen LogP contribution in [0.25, 0.3) is 0 Å². The van der Waals surface area contributed by atoms with Gasteiger partial charge in [-0.25, -0.2) is 0 Å². The van der Waals surface area contributed by atoms with Crippen LogP contribution in [-0.4, -0.2) is 96.3 Å². The van der Waals surface area contributed by atoms with Crippen molar-refractivity contribution in [2.45, 2.75) is 20.8 Å². The van der Waals surface area contributed by atoms with Crippen LogP contribution in [0.4, 0.5) is 11.4 Å². The summed E-state index contributed by atoms with van der Waals surface area (Å²) in [6, 6.07) is 3.69. The SMILES string of the molecule is CCOC(=O)CN(CCOC)CC(=O)Nc1cc(OCC)c(N2CCOCC2)cc1OCC. The number of anilines is 2. The first kappa shape index (κ1) is 26.7. The maximum absolute atomic E-state index is 12.9. The fraction of sp³-hybridized carbons (Fsp3) is 0.652. The molecule has 0 aliphatic carbocycles. The second kappa shape index (κ2) is 14.6. The molecule has 10 heteroatoms. The highest BCUT2D eigenvalue weighted by Crippen LogP contribution is 2.39. The highest BCUT2D eigenvalue weighted by molar-refractivity contribution is 5.95. The molecule has 0 bridgehead atoms. The van der Waals surface area contributed by atoms with Crippen LogP contribution in [0.15, 0.2) is 12.1 Å². The number of carbonyl (C=O) groups excluding carboxylic acids is 2. The first-order valence-corrected chi connectivity index (χ1v) is 11.4. The second-order valence-corrected chi connectivity index (χ2v) is 7.34. The summed E-state index contributed by atoms with van der Waals surface area (Å²) in [6.45, 7) is 10.4. The maximum atomic E-state index is 12.9. The van der Waals surface area contributed by atoms with E-state index in [0.717, 1.165) is 18.8 Å². The Hall–Kier alpha value is -2.56. The average Bonchev–Trinajstić information content (AvgIpc) is 2.80. The molecule has 1 aromatic carbocycles. The van der Waals surface area contributed by atoms with Crippen LogP contribution >= 0.6 is 0 Å². The smallest absolute Gasteiger partial charge is 0.320 e. The van der Waals surface area contributed by atoms with Gasteiger partial charge in [-0.05, 0) is 20.8 Å². The summed E-state index contributed by atoms with van der Waals surface area (Å²) in [6.07, 6.45) is 0. The second-order valence-electron chi connectivity index (χ2n) is 7.34. The van der Waals surface area contributed by atoms with E-state index in [2.05, 4.69) is 10.2 Å². The lowest BCUT2D eigenvalue weighted by Crippen LogP contribution is -2.39. The molecule has 2 rings (SSSR count). The van der Waals surface area contributed by atoms with E-state index in [1.165, 1.54) is 0 Å². The van der Waals surface area contributed by atoms with Crippen LogP contribution in [0.1, 0.15) is 20.8 Å². The molecule has 0 radical (unpaired) electrons. The molecule has 0 unspecified atom stereocenters. The number of methoxy groups -OCH3 is 1. The molecule has 1 amide bonds. The third kappa shape index (κ3) is 8.71. The fourth-order valence-corrected chi connectivity index (χ4v) is 3.46. The van der Waals surface area contributed by atoms with Crippen LogP contribution in [0, 0.1) is 0 Å². The van der Waals surface area contributed by atoms with Gasteiger partial charge in [-0.1, -0.05) is 0 Å². The lowest BCUT2D eigenvalue weighted by Gasteiger charge is -2.31. The molecule has 0 saturated carbocycles. The van der Waals surface area contributed by atoms with Gasteiger partial charge in [0.2, 0.25) is 5.91 Å². The number of morpholine rings is 1. The van der Waals surface area contributed by atoms with Gasteiger partial charge < -0.3 is 33.9 Å². The summed E-state index contributed by atoms with van der Waals surface area (Å²) in [5.74, 6) is 0.563. The molecule has 1 fully saturated rings. The van der Waals surface area contributed by atoms with Crippen molar-refractivity contribution in [1.29, 1.82) is 0 Å². The number of amides is 1. The van der Waals surface area contributed by atoms with Crippen molar-refractivity contribution >= 4 is 23.3 Å². The zero-order valence-electron chi connectivity index (χ0n) is 20.2. The van der Waals surface area contributed by atoms with E-state index in [9.17, 15) is 9.59 Å². The van der Waals surface area contributed by atoms with Crippen molar-refractivity contribution in [1.82, 2.24) is 4.90 Å². The quantitative estimate of drug-likeness (QED) is 0.411. The number of ether oxygens (including phenoxy) is 5. The Bertz CT molecular complexity index is 754. The molecule has 10 nitrogen and oxygen atoms in total. The Morgan fingerprint density at radius 1 is 1.03 bits per heavy atom. The van der Waals surface area contributed by atoms with Gasteiger partial charge in [0.25, 0.3) is 0 Å². The topological polar surface area (TPSA) is 98.8 Å². The molecule has 1 heterocycles. The third-order valence-corrected chi connectivity index (χ3v) is 4.92. The van der Waals surface area contributed by atoms with Crippen LogP contribution in [0.2, 0.25) is 0 Å². The van der Waals surface area contributed by atoms with E-state index in [1.807, 2.05) is 19.9 Å². The van der Waals surface area contributed by atoms with Crippen LogP contribution in [-0.2, 0) is 23.8 Å². The van der Waals surface area contributed by atoms with Crippen molar-refractivity contribution < 1.29 is 33.3 Å². The largest absolute Gasteiger partial charge is 0.492 e. The number of carbonyl (C=O) groups is 2. The number of hydrogen-bond donors (Lipinski definition) is 1. The van der Waals surface area contributed by atoms with Gasteiger partial charge in [0.05, 0.1) is 64.1 Å². The number of benzene rings is 1. The van der Waals surface area contributed by atoms with Gasteiger partial charge in [-0.15, -0.1) is 0 Å². The monoisotopic (exact) mass is 467 g/mol. The predicted molar refractivity (Wildman–Crippen MR) is 125 cm³/mol. The summed E-state index contributed by atoms with van der Waals surface area (Å²) in [4.78, 5) is 28.7. The summed E-state index contributed by atoms with van der Waals surface area (Å²) in [7, 11) is 1.57. The van der Waals surface area contributed by atoms with Gasteiger partial charge >= 0.3 is 5.97 Å². The van der Waals surface area contributed by atoms with Crippen molar-refractivity contribution in [3.63, 3.8) is 0 Å². The first-order chi connectivity index (χ1) is 16.0. The minimum absolute atomic E-state index is 0.00290. The Morgan fingerprint density at radius 2 is 1.73 bits per heavy atom. The Labute approximate surface area is 196 Å². The van der Waals surface area contributed by atoms with Crippen molar-refractivity contribution in [3.8, 4) is 11.5 Å². The Balaban J connectivity index is 2.20. The molecular formula is C23H37N3O7. The summed E-state index contributed by atoms with van der Waals surface area (Å²) in [5.41, 5.74) is 1.43. The molecule has 0 spiro atoms. The molecule has 186 valence electrons. The van der Waals surface area contributed by atoms with Crippen LogP contribution in [0.3, 0.4) is 0 Å². The summed E-state index contributed by atoms with van der Waals surface area (Å²) < 4.78 is 27.3. The molecule has 1 aromatic rings. The molecule has 1 aliphatic rings. The fourth-order valence-electron chi connectivity index (χ4n) is 3.46. The Morgan fingerprint density at radius 3 is 2.36 bits per heavy atom. The molecule has 1 aliphatic heterocycles. The lowest BCUT2D eigenvalue weighted by atomic mass is 10.2. The van der Waals surface area contributed by atoms with Gasteiger partial charge in [-0.2, -0.15) is 0 Å². The van der Waals surface area contributed by atoms with Crippen LogP contribution in [0.5, 0.6) is 11.5 Å². The minimum Gasteiger partial charge on any atom is -0.492 e. The van der Waals surface area contributed by atoms with E-state index in [-0.39, 0.29) is 31.6 Å². The van der Waals surface area contributed by atoms with Gasteiger partial charge in [0.15, 0.2) is 0 Å². The minimum atomic E-state index is -0.384. The predicted octanol–water partition coefficient (Wildman–Crippen LogP) is 1.77. The normalized spacial score (nSPS) is 13.7. The van der Waals surface area contributed by atoms with Crippen molar-refractivity contribution in [2.75, 3.05) is 89.7 Å². The van der Waals surface area contributed by atoms with E-state index in [4.69, 9.17) is 23.7 Å². The standard InChI is InChI=1S/C23H37N3O7/c1-5-31-20-15-19(26-9-12-30-13-10-26)21(32-6-2)14-18(20)24-22(27)16-25(8-11-29-4)17-23(28)33-7-3/h14-15H,5-13,16-17H2,1-4H3,(H,24,27). The first-order valence-electron chi connectivity index (χ1n) is 11.4. The number of nitrogens with one attached hydrogen (secondary N) is 1. The summed E-state index contributed by atoms with van der Waals surface area (Å²) >= 11 is 0. The highest BCUT2D eigenvalue weighted by atomic mass is 16.5. The molecule has 1 saturated heterocycles. The number of esters is 1. The Kier molecular flexibility index (Phi) is 11.8. The van der Waals surface area contributed by atoms with Gasteiger partial charge in [0.1, 0.15) is 11.5 Å². The van der Waals surface area contributed by atoms with E-state index in [1.54, 1.807) is 25.0 Å². The number of rotatable bonds is 14. The maximum Gasteiger partial charge on any atom is 0.320 e.